The lowest BCUT2D eigenvalue weighted by Gasteiger charge is -2.07. The fourth-order valence-electron chi connectivity index (χ4n) is 2.10. The van der Waals surface area contributed by atoms with Gasteiger partial charge in [-0.1, -0.05) is 6.07 Å². The fourth-order valence-corrected chi connectivity index (χ4v) is 2.93. The Bertz CT molecular complexity index is 769. The summed E-state index contributed by atoms with van der Waals surface area (Å²) in [5, 5.41) is 4.93. The van der Waals surface area contributed by atoms with Crippen molar-refractivity contribution in [1.29, 1.82) is 0 Å². The summed E-state index contributed by atoms with van der Waals surface area (Å²) in [5.74, 6) is 0.285. The predicted octanol–water partition coefficient (Wildman–Crippen LogP) is 3.45. The highest BCUT2D eigenvalue weighted by molar-refractivity contribution is 7.11. The summed E-state index contributed by atoms with van der Waals surface area (Å²) in [6, 6.07) is 4.86. The number of aryl methyl sites for hydroxylation is 2. The first-order valence-corrected chi connectivity index (χ1v) is 7.03. The molecule has 0 fully saturated rings. The Labute approximate surface area is 119 Å². The second-order valence-corrected chi connectivity index (χ2v) is 5.85. The maximum Gasteiger partial charge on any atom is 0.149 e. The number of nitrogens with one attached hydrogen (secondary N) is 1. The van der Waals surface area contributed by atoms with Crippen LogP contribution in [0.5, 0.6) is 0 Å². The van der Waals surface area contributed by atoms with Crippen molar-refractivity contribution in [2.24, 2.45) is 0 Å². The van der Waals surface area contributed by atoms with E-state index in [-0.39, 0.29) is 5.82 Å². The van der Waals surface area contributed by atoms with Crippen LogP contribution in [0.15, 0.2) is 24.5 Å². The van der Waals surface area contributed by atoms with Crippen molar-refractivity contribution in [3.05, 3.63) is 45.9 Å². The molecule has 2 aromatic heterocycles. The molecule has 0 aliphatic heterocycles. The van der Waals surface area contributed by atoms with Crippen molar-refractivity contribution in [3.8, 4) is 0 Å². The molecule has 0 saturated heterocycles. The van der Waals surface area contributed by atoms with Crippen LogP contribution in [0.4, 0.5) is 10.2 Å². The van der Waals surface area contributed by atoms with Crippen molar-refractivity contribution >= 4 is 28.1 Å². The first-order valence-electron chi connectivity index (χ1n) is 6.21. The van der Waals surface area contributed by atoms with Crippen LogP contribution in [-0.4, -0.2) is 15.0 Å². The molecule has 0 atom stereocenters. The summed E-state index contributed by atoms with van der Waals surface area (Å²) >= 11 is 1.67. The van der Waals surface area contributed by atoms with Crippen LogP contribution in [0.2, 0.25) is 0 Å². The SMILES string of the molecule is Cc1nc(CNc2ncnc3c(F)cccc23)c(C)s1. The maximum absolute atomic E-state index is 13.7. The molecule has 102 valence electrons. The van der Waals surface area contributed by atoms with Crippen LogP contribution in [0.25, 0.3) is 10.9 Å². The number of hydrogen-bond acceptors (Lipinski definition) is 5. The highest BCUT2D eigenvalue weighted by atomic mass is 32.1. The number of hydrogen-bond donors (Lipinski definition) is 1. The number of benzene rings is 1. The Morgan fingerprint density at radius 2 is 2.10 bits per heavy atom. The number of halogens is 1. The highest BCUT2D eigenvalue weighted by Crippen LogP contribution is 2.23. The van der Waals surface area contributed by atoms with E-state index in [2.05, 4.69) is 20.3 Å². The summed E-state index contributed by atoms with van der Waals surface area (Å²) in [7, 11) is 0. The molecule has 2 heterocycles. The quantitative estimate of drug-likeness (QED) is 0.802. The Kier molecular flexibility index (Phi) is 3.31. The van der Waals surface area contributed by atoms with Gasteiger partial charge in [0.05, 0.1) is 17.2 Å². The van der Waals surface area contributed by atoms with Gasteiger partial charge in [-0.2, -0.15) is 0 Å². The Balaban J connectivity index is 1.92. The summed E-state index contributed by atoms with van der Waals surface area (Å²) in [6.07, 6.45) is 1.37. The van der Waals surface area contributed by atoms with Crippen LogP contribution >= 0.6 is 11.3 Å². The number of para-hydroxylation sites is 1. The molecule has 1 N–H and O–H groups in total. The van der Waals surface area contributed by atoms with Crippen molar-refractivity contribution < 1.29 is 4.39 Å². The van der Waals surface area contributed by atoms with E-state index >= 15 is 0 Å². The average Bonchev–Trinajstić information content (AvgIpc) is 2.75. The second kappa shape index (κ2) is 5.13. The number of nitrogens with zero attached hydrogens (tertiary/aromatic N) is 3. The molecule has 0 aliphatic rings. The van der Waals surface area contributed by atoms with E-state index < -0.39 is 0 Å². The first-order chi connectivity index (χ1) is 9.65. The predicted molar refractivity (Wildman–Crippen MR) is 78.4 cm³/mol. The molecule has 3 aromatic rings. The third-order valence-corrected chi connectivity index (χ3v) is 3.97. The van der Waals surface area contributed by atoms with Gasteiger partial charge in [0.15, 0.2) is 0 Å². The molecule has 20 heavy (non-hydrogen) atoms. The van der Waals surface area contributed by atoms with Crippen molar-refractivity contribution in [2.75, 3.05) is 5.32 Å². The van der Waals surface area contributed by atoms with E-state index in [1.807, 2.05) is 13.8 Å². The monoisotopic (exact) mass is 288 g/mol. The van der Waals surface area contributed by atoms with E-state index in [1.54, 1.807) is 23.5 Å². The third-order valence-electron chi connectivity index (χ3n) is 3.04. The summed E-state index contributed by atoms with van der Waals surface area (Å²) in [4.78, 5) is 13.8. The lowest BCUT2D eigenvalue weighted by atomic mass is 10.2. The lowest BCUT2D eigenvalue weighted by molar-refractivity contribution is 0.636. The fraction of sp³-hybridized carbons (Fsp3) is 0.214. The zero-order chi connectivity index (χ0) is 14.1. The van der Waals surface area contributed by atoms with Gasteiger partial charge in [0.25, 0.3) is 0 Å². The Hall–Kier alpha value is -2.08. The van der Waals surface area contributed by atoms with E-state index in [1.165, 1.54) is 17.3 Å². The molecule has 0 bridgehead atoms. The summed E-state index contributed by atoms with van der Waals surface area (Å²) in [5.41, 5.74) is 1.33. The molecule has 4 nitrogen and oxygen atoms in total. The van der Waals surface area contributed by atoms with Gasteiger partial charge in [-0.15, -0.1) is 11.3 Å². The van der Waals surface area contributed by atoms with Gasteiger partial charge in [-0.25, -0.2) is 19.3 Å². The standard InChI is InChI=1S/C14H13FN4S/c1-8-12(19-9(2)20-8)6-16-14-10-4-3-5-11(15)13(10)17-7-18-14/h3-5,7H,6H2,1-2H3,(H,16,17,18). The van der Waals surface area contributed by atoms with Gasteiger partial charge in [-0.05, 0) is 26.0 Å². The molecule has 0 spiro atoms. The van der Waals surface area contributed by atoms with E-state index in [4.69, 9.17) is 0 Å². The molecule has 1 aromatic carbocycles. The topological polar surface area (TPSA) is 50.7 Å². The van der Waals surface area contributed by atoms with Gasteiger partial charge in [0.2, 0.25) is 0 Å². The minimum Gasteiger partial charge on any atom is -0.364 e. The first kappa shape index (κ1) is 12.9. The number of anilines is 1. The summed E-state index contributed by atoms with van der Waals surface area (Å²) in [6.45, 7) is 4.59. The zero-order valence-electron chi connectivity index (χ0n) is 11.1. The maximum atomic E-state index is 13.7. The average molecular weight is 288 g/mol. The molecular formula is C14H13FN4S. The lowest BCUT2D eigenvalue weighted by Crippen LogP contribution is -2.04. The largest absolute Gasteiger partial charge is 0.364 e. The van der Waals surface area contributed by atoms with E-state index in [0.29, 0.717) is 23.3 Å². The normalized spacial score (nSPS) is 10.9. The molecule has 0 aliphatic carbocycles. The van der Waals surface area contributed by atoms with Crippen molar-refractivity contribution in [3.63, 3.8) is 0 Å². The van der Waals surface area contributed by atoms with E-state index in [9.17, 15) is 4.39 Å². The molecule has 3 rings (SSSR count). The second-order valence-electron chi connectivity index (χ2n) is 4.45. The van der Waals surface area contributed by atoms with Gasteiger partial charge in [-0.3, -0.25) is 0 Å². The summed E-state index contributed by atoms with van der Waals surface area (Å²) < 4.78 is 13.7. The minimum absolute atomic E-state index is 0.330. The van der Waals surface area contributed by atoms with Gasteiger partial charge in [0, 0.05) is 10.3 Å². The number of rotatable bonds is 3. The number of aromatic nitrogens is 3. The highest BCUT2D eigenvalue weighted by Gasteiger charge is 2.09. The van der Waals surface area contributed by atoms with Crippen LogP contribution in [-0.2, 0) is 6.54 Å². The van der Waals surface area contributed by atoms with Crippen LogP contribution in [0, 0.1) is 19.7 Å². The minimum atomic E-state index is -0.339. The van der Waals surface area contributed by atoms with Crippen molar-refractivity contribution in [2.45, 2.75) is 20.4 Å². The van der Waals surface area contributed by atoms with Gasteiger partial charge >= 0.3 is 0 Å². The smallest absolute Gasteiger partial charge is 0.149 e. The van der Waals surface area contributed by atoms with Crippen molar-refractivity contribution in [1.82, 2.24) is 15.0 Å². The Morgan fingerprint density at radius 1 is 1.25 bits per heavy atom. The molecule has 0 saturated carbocycles. The van der Waals surface area contributed by atoms with Gasteiger partial charge < -0.3 is 5.32 Å². The molecule has 6 heteroatoms. The van der Waals surface area contributed by atoms with Crippen LogP contribution in [0.1, 0.15) is 15.6 Å². The Morgan fingerprint density at radius 3 is 2.85 bits per heavy atom. The number of fused-ring (bicyclic) bond motifs is 1. The third kappa shape index (κ3) is 2.34. The molecule has 0 unspecified atom stereocenters. The molecule has 0 radical (unpaired) electrons. The van der Waals surface area contributed by atoms with Crippen LogP contribution < -0.4 is 5.32 Å². The molecular weight excluding hydrogens is 275 g/mol. The van der Waals surface area contributed by atoms with Crippen LogP contribution in [0.3, 0.4) is 0 Å². The molecule has 0 amide bonds. The van der Waals surface area contributed by atoms with E-state index in [0.717, 1.165) is 10.7 Å². The number of thiazole rings is 1. The zero-order valence-corrected chi connectivity index (χ0v) is 12.0. The van der Waals surface area contributed by atoms with Gasteiger partial charge in [0.1, 0.15) is 23.5 Å².